The first-order valence-corrected chi connectivity index (χ1v) is 6.78. The Morgan fingerprint density at radius 2 is 1.79 bits per heavy atom. The van der Waals surface area contributed by atoms with Gasteiger partial charge in [-0.1, -0.05) is 12.2 Å². The van der Waals surface area contributed by atoms with Gasteiger partial charge in [-0.05, 0) is 30.6 Å². The van der Waals surface area contributed by atoms with Crippen molar-refractivity contribution in [3.8, 4) is 0 Å². The number of hydrogen-bond acceptors (Lipinski definition) is 2. The molecule has 1 aliphatic heterocycles. The fraction of sp³-hybridized carbons (Fsp3) is 0.636. The van der Waals surface area contributed by atoms with Crippen molar-refractivity contribution in [2.75, 3.05) is 5.75 Å². The molecule has 2 nitrogen and oxygen atoms in total. The van der Waals surface area contributed by atoms with Crippen molar-refractivity contribution < 1.29 is 8.42 Å². The zero-order valence-corrected chi connectivity index (χ0v) is 9.04. The zero-order chi connectivity index (χ0) is 10.3. The summed E-state index contributed by atoms with van der Waals surface area (Å²) in [5.41, 5.74) is 0. The third-order valence-electron chi connectivity index (χ3n) is 3.69. The maximum absolute atomic E-state index is 11.8. The van der Waals surface area contributed by atoms with Gasteiger partial charge < -0.3 is 0 Å². The SMILES string of the molecule is C=CC1CC(C=C)C2C1CCS2(=O)=O. The minimum absolute atomic E-state index is 0.149. The molecular weight excluding hydrogens is 196 g/mol. The largest absolute Gasteiger partial charge is 0.229 e. The Bertz CT molecular complexity index is 355. The molecule has 2 aliphatic rings. The van der Waals surface area contributed by atoms with Gasteiger partial charge in [0.05, 0.1) is 11.0 Å². The summed E-state index contributed by atoms with van der Waals surface area (Å²) in [6.45, 7) is 7.53. The number of hydrogen-bond donors (Lipinski definition) is 0. The fourth-order valence-corrected chi connectivity index (χ4v) is 5.53. The molecule has 1 saturated heterocycles. The first-order valence-electron chi connectivity index (χ1n) is 5.07. The van der Waals surface area contributed by atoms with Crippen LogP contribution in [-0.2, 0) is 9.84 Å². The summed E-state index contributed by atoms with van der Waals surface area (Å²) < 4.78 is 23.6. The lowest BCUT2D eigenvalue weighted by Gasteiger charge is -2.14. The summed E-state index contributed by atoms with van der Waals surface area (Å²) in [4.78, 5) is 0. The predicted molar refractivity (Wildman–Crippen MR) is 57.7 cm³/mol. The molecule has 0 aromatic heterocycles. The molecule has 0 spiro atoms. The summed E-state index contributed by atoms with van der Waals surface area (Å²) in [6.07, 6.45) is 5.46. The molecule has 4 atom stereocenters. The van der Waals surface area contributed by atoms with Crippen molar-refractivity contribution in [1.29, 1.82) is 0 Å². The van der Waals surface area contributed by atoms with Crippen molar-refractivity contribution in [1.82, 2.24) is 0 Å². The van der Waals surface area contributed by atoms with Gasteiger partial charge in [0.25, 0.3) is 0 Å². The second-order valence-electron chi connectivity index (χ2n) is 4.32. The van der Waals surface area contributed by atoms with Crippen LogP contribution < -0.4 is 0 Å². The highest BCUT2D eigenvalue weighted by atomic mass is 32.2. The Morgan fingerprint density at radius 3 is 2.36 bits per heavy atom. The highest BCUT2D eigenvalue weighted by Crippen LogP contribution is 2.47. The van der Waals surface area contributed by atoms with Crippen LogP contribution in [0.25, 0.3) is 0 Å². The Balaban J connectivity index is 2.37. The molecule has 78 valence electrons. The van der Waals surface area contributed by atoms with E-state index >= 15 is 0 Å². The maximum atomic E-state index is 11.8. The van der Waals surface area contributed by atoms with Crippen molar-refractivity contribution >= 4 is 9.84 Å². The van der Waals surface area contributed by atoms with Crippen molar-refractivity contribution in [2.24, 2.45) is 17.8 Å². The predicted octanol–water partition coefficient (Wildman–Crippen LogP) is 1.80. The Labute approximate surface area is 85.6 Å². The summed E-state index contributed by atoms with van der Waals surface area (Å²) in [7, 11) is -2.85. The van der Waals surface area contributed by atoms with E-state index in [1.54, 1.807) is 0 Å². The van der Waals surface area contributed by atoms with Gasteiger partial charge in [0, 0.05) is 0 Å². The normalized spacial score (nSPS) is 44.6. The lowest BCUT2D eigenvalue weighted by Crippen LogP contribution is -2.24. The van der Waals surface area contributed by atoms with E-state index in [0.29, 0.717) is 17.6 Å². The van der Waals surface area contributed by atoms with E-state index in [2.05, 4.69) is 13.2 Å². The van der Waals surface area contributed by atoms with E-state index in [0.717, 1.165) is 12.8 Å². The summed E-state index contributed by atoms with van der Waals surface area (Å²) in [5.74, 6) is 1.19. The first kappa shape index (κ1) is 9.97. The Morgan fingerprint density at radius 1 is 1.14 bits per heavy atom. The smallest absolute Gasteiger partial charge is 0.154 e. The lowest BCUT2D eigenvalue weighted by atomic mass is 9.94. The minimum atomic E-state index is -2.85. The van der Waals surface area contributed by atoms with Crippen LogP contribution in [0.2, 0.25) is 0 Å². The third-order valence-corrected chi connectivity index (χ3v) is 6.03. The second-order valence-corrected chi connectivity index (χ2v) is 6.60. The highest BCUT2D eigenvalue weighted by Gasteiger charge is 2.51. The molecule has 4 unspecified atom stereocenters. The second kappa shape index (κ2) is 3.23. The summed E-state index contributed by atoms with van der Waals surface area (Å²) >= 11 is 0. The van der Waals surface area contributed by atoms with Crippen LogP contribution >= 0.6 is 0 Å². The monoisotopic (exact) mass is 212 g/mol. The minimum Gasteiger partial charge on any atom is -0.229 e. The van der Waals surface area contributed by atoms with E-state index in [4.69, 9.17) is 0 Å². The van der Waals surface area contributed by atoms with Gasteiger partial charge >= 0.3 is 0 Å². The fourth-order valence-electron chi connectivity index (χ4n) is 3.03. The molecular formula is C11H16O2S. The molecule has 0 aromatic rings. The lowest BCUT2D eigenvalue weighted by molar-refractivity contribution is 0.468. The molecule has 0 bridgehead atoms. The first-order chi connectivity index (χ1) is 6.60. The van der Waals surface area contributed by atoms with Crippen LogP contribution in [0.3, 0.4) is 0 Å². The summed E-state index contributed by atoms with van der Waals surface area (Å²) in [5, 5.41) is -0.164. The van der Waals surface area contributed by atoms with E-state index in [9.17, 15) is 8.42 Å². The van der Waals surface area contributed by atoms with Crippen molar-refractivity contribution in [3.63, 3.8) is 0 Å². The molecule has 0 amide bonds. The number of allylic oxidation sites excluding steroid dienone is 2. The maximum Gasteiger partial charge on any atom is 0.154 e. The molecule has 0 N–H and O–H groups in total. The average molecular weight is 212 g/mol. The van der Waals surface area contributed by atoms with Gasteiger partial charge in [-0.15, -0.1) is 13.2 Å². The molecule has 0 radical (unpaired) electrons. The molecule has 1 heterocycles. The molecule has 14 heavy (non-hydrogen) atoms. The molecule has 0 aromatic carbocycles. The molecule has 2 rings (SSSR count). The van der Waals surface area contributed by atoms with Crippen LogP contribution in [-0.4, -0.2) is 19.4 Å². The topological polar surface area (TPSA) is 34.1 Å². The van der Waals surface area contributed by atoms with Gasteiger partial charge in [-0.2, -0.15) is 0 Å². The van der Waals surface area contributed by atoms with Crippen LogP contribution in [0, 0.1) is 17.8 Å². The Hall–Kier alpha value is -0.570. The van der Waals surface area contributed by atoms with E-state index < -0.39 is 9.84 Å². The number of fused-ring (bicyclic) bond motifs is 1. The van der Waals surface area contributed by atoms with Crippen LogP contribution in [0.4, 0.5) is 0 Å². The van der Waals surface area contributed by atoms with Crippen LogP contribution in [0.5, 0.6) is 0 Å². The summed E-state index contributed by atoms with van der Waals surface area (Å²) in [6, 6.07) is 0. The van der Waals surface area contributed by atoms with Gasteiger partial charge in [0.2, 0.25) is 0 Å². The van der Waals surface area contributed by atoms with Crippen LogP contribution in [0.1, 0.15) is 12.8 Å². The quantitative estimate of drug-likeness (QED) is 0.654. The van der Waals surface area contributed by atoms with Crippen LogP contribution in [0.15, 0.2) is 25.3 Å². The molecule has 2 fully saturated rings. The molecule has 3 heteroatoms. The van der Waals surface area contributed by atoms with Gasteiger partial charge in [-0.3, -0.25) is 0 Å². The molecule has 1 aliphatic carbocycles. The standard InChI is InChI=1S/C11H16O2S/c1-3-8-7-9(4-2)11-10(8)5-6-14(11,12)13/h3-4,8-11H,1-2,5-7H2. The Kier molecular flexibility index (Phi) is 2.30. The van der Waals surface area contributed by atoms with Crippen molar-refractivity contribution in [3.05, 3.63) is 25.3 Å². The average Bonchev–Trinajstić information content (AvgIpc) is 2.65. The highest BCUT2D eigenvalue weighted by molar-refractivity contribution is 7.92. The van der Waals surface area contributed by atoms with Crippen molar-refractivity contribution in [2.45, 2.75) is 18.1 Å². The molecule has 1 saturated carbocycles. The van der Waals surface area contributed by atoms with E-state index in [1.807, 2.05) is 12.2 Å². The number of rotatable bonds is 2. The number of sulfone groups is 1. The van der Waals surface area contributed by atoms with Gasteiger partial charge in [-0.25, -0.2) is 8.42 Å². The van der Waals surface area contributed by atoms with E-state index in [1.165, 1.54) is 0 Å². The van der Waals surface area contributed by atoms with Gasteiger partial charge in [0.1, 0.15) is 0 Å². The zero-order valence-electron chi connectivity index (χ0n) is 8.22. The third kappa shape index (κ3) is 1.26. The van der Waals surface area contributed by atoms with Gasteiger partial charge in [0.15, 0.2) is 9.84 Å². The van der Waals surface area contributed by atoms with E-state index in [-0.39, 0.29) is 11.2 Å².